The summed E-state index contributed by atoms with van der Waals surface area (Å²) in [4.78, 5) is 22.7. The summed E-state index contributed by atoms with van der Waals surface area (Å²) >= 11 is 1.66. The fourth-order valence-electron chi connectivity index (χ4n) is 2.96. The van der Waals surface area contributed by atoms with Crippen molar-refractivity contribution in [2.24, 2.45) is 0 Å². The van der Waals surface area contributed by atoms with E-state index in [4.69, 9.17) is 0 Å². The molecule has 0 aromatic carbocycles. The summed E-state index contributed by atoms with van der Waals surface area (Å²) < 4.78 is 0. The van der Waals surface area contributed by atoms with Gasteiger partial charge < -0.3 is 10.6 Å². The molecule has 0 saturated heterocycles. The topological polar surface area (TPSA) is 66.9 Å². The van der Waals surface area contributed by atoms with Crippen LogP contribution in [0.5, 0.6) is 0 Å². The highest BCUT2D eigenvalue weighted by atomic mass is 32.1. The highest BCUT2D eigenvalue weighted by Crippen LogP contribution is 2.27. The third-order valence-electron chi connectivity index (χ3n) is 4.07. The molecule has 3 rings (SSSR count). The van der Waals surface area contributed by atoms with Gasteiger partial charge in [-0.1, -0.05) is 19.3 Å². The average Bonchev–Trinajstić information content (AvgIpc) is 2.89. The van der Waals surface area contributed by atoms with Gasteiger partial charge in [0, 0.05) is 23.9 Å². The Labute approximate surface area is 134 Å². The van der Waals surface area contributed by atoms with Gasteiger partial charge in [0.15, 0.2) is 0 Å². The third kappa shape index (κ3) is 3.74. The second-order valence-electron chi connectivity index (χ2n) is 5.88. The van der Waals surface area contributed by atoms with Crippen LogP contribution in [-0.4, -0.2) is 28.5 Å². The lowest BCUT2D eigenvalue weighted by molar-refractivity contribution is -0.121. The van der Waals surface area contributed by atoms with Crippen LogP contribution in [-0.2, 0) is 4.79 Å². The molecule has 118 valence electrons. The van der Waals surface area contributed by atoms with Gasteiger partial charge in [-0.15, -0.1) is 11.3 Å². The van der Waals surface area contributed by atoms with Crippen molar-refractivity contribution in [2.45, 2.75) is 51.5 Å². The maximum atomic E-state index is 12.0. The Morgan fingerprint density at radius 3 is 2.95 bits per heavy atom. The standard InChI is InChI=1S/C16H22N4OS/c1-11-9-13-15(18-10-19-16(13)22-11)17-8-7-14(21)20-12-5-3-2-4-6-12/h9-10,12H,2-8H2,1H3,(H,20,21)(H,17,18,19). The minimum absolute atomic E-state index is 0.131. The van der Waals surface area contributed by atoms with E-state index < -0.39 is 0 Å². The first-order valence-electron chi connectivity index (χ1n) is 7.97. The number of anilines is 1. The SMILES string of the molecule is Cc1cc2c(NCCC(=O)NC3CCCCC3)ncnc2s1. The van der Waals surface area contributed by atoms with E-state index >= 15 is 0 Å². The van der Waals surface area contributed by atoms with Gasteiger partial charge in [-0.05, 0) is 25.8 Å². The summed E-state index contributed by atoms with van der Waals surface area (Å²) in [6.45, 7) is 2.66. The molecule has 5 nitrogen and oxygen atoms in total. The lowest BCUT2D eigenvalue weighted by Gasteiger charge is -2.22. The Morgan fingerprint density at radius 2 is 2.14 bits per heavy atom. The van der Waals surface area contributed by atoms with Gasteiger partial charge in [0.25, 0.3) is 0 Å². The van der Waals surface area contributed by atoms with Crippen LogP contribution < -0.4 is 10.6 Å². The fourth-order valence-corrected chi connectivity index (χ4v) is 3.81. The predicted octanol–water partition coefficient (Wildman–Crippen LogP) is 3.25. The largest absolute Gasteiger partial charge is 0.369 e. The molecule has 0 aliphatic heterocycles. The van der Waals surface area contributed by atoms with E-state index in [0.29, 0.717) is 19.0 Å². The molecule has 1 aliphatic rings. The molecule has 0 bridgehead atoms. The molecule has 0 unspecified atom stereocenters. The molecule has 2 N–H and O–H groups in total. The molecule has 1 aliphatic carbocycles. The lowest BCUT2D eigenvalue weighted by Crippen LogP contribution is -2.36. The summed E-state index contributed by atoms with van der Waals surface area (Å²) in [7, 11) is 0. The Kier molecular flexibility index (Phi) is 4.87. The summed E-state index contributed by atoms with van der Waals surface area (Å²) in [5.41, 5.74) is 0. The summed E-state index contributed by atoms with van der Waals surface area (Å²) in [6.07, 6.45) is 8.07. The highest BCUT2D eigenvalue weighted by Gasteiger charge is 2.15. The third-order valence-corrected chi connectivity index (χ3v) is 5.03. The quantitative estimate of drug-likeness (QED) is 0.888. The molecule has 6 heteroatoms. The van der Waals surface area contributed by atoms with Crippen LogP contribution in [0.3, 0.4) is 0 Å². The number of aromatic nitrogens is 2. The summed E-state index contributed by atoms with van der Waals surface area (Å²) in [5, 5.41) is 7.44. The van der Waals surface area contributed by atoms with Crippen LogP contribution in [0.2, 0.25) is 0 Å². The van der Waals surface area contributed by atoms with Crippen molar-refractivity contribution in [1.82, 2.24) is 15.3 Å². The number of fused-ring (bicyclic) bond motifs is 1. The van der Waals surface area contributed by atoms with Crippen LogP contribution in [0, 0.1) is 6.92 Å². The van der Waals surface area contributed by atoms with Crippen LogP contribution >= 0.6 is 11.3 Å². The molecule has 2 heterocycles. The smallest absolute Gasteiger partial charge is 0.221 e. The first kappa shape index (κ1) is 15.2. The second kappa shape index (κ2) is 7.05. The molecule has 0 spiro atoms. The lowest BCUT2D eigenvalue weighted by atomic mass is 9.95. The van der Waals surface area contributed by atoms with E-state index in [1.165, 1.54) is 24.1 Å². The maximum absolute atomic E-state index is 12.0. The molecule has 0 radical (unpaired) electrons. The number of aryl methyl sites for hydroxylation is 1. The highest BCUT2D eigenvalue weighted by molar-refractivity contribution is 7.18. The number of amides is 1. The molecule has 0 atom stereocenters. The van der Waals surface area contributed by atoms with Crippen molar-refractivity contribution in [3.05, 3.63) is 17.3 Å². The van der Waals surface area contributed by atoms with Gasteiger partial charge in [0.2, 0.25) is 5.91 Å². The van der Waals surface area contributed by atoms with Crippen molar-refractivity contribution in [3.63, 3.8) is 0 Å². The number of carbonyl (C=O) groups excluding carboxylic acids is 1. The summed E-state index contributed by atoms with van der Waals surface area (Å²) in [6, 6.07) is 2.47. The fraction of sp³-hybridized carbons (Fsp3) is 0.562. The number of hydrogen-bond donors (Lipinski definition) is 2. The van der Waals surface area contributed by atoms with Crippen LogP contribution in [0.4, 0.5) is 5.82 Å². The van der Waals surface area contributed by atoms with Crippen molar-refractivity contribution in [1.29, 1.82) is 0 Å². The zero-order valence-electron chi connectivity index (χ0n) is 12.9. The maximum Gasteiger partial charge on any atom is 0.221 e. The Balaban J connectivity index is 1.50. The number of thiophene rings is 1. The Hall–Kier alpha value is -1.69. The molecule has 22 heavy (non-hydrogen) atoms. The van der Waals surface area contributed by atoms with Gasteiger partial charge >= 0.3 is 0 Å². The first-order chi connectivity index (χ1) is 10.7. The average molecular weight is 318 g/mol. The van der Waals surface area contributed by atoms with Gasteiger partial charge in [-0.3, -0.25) is 4.79 Å². The molecule has 1 fully saturated rings. The van der Waals surface area contributed by atoms with Gasteiger partial charge in [-0.25, -0.2) is 9.97 Å². The predicted molar refractivity (Wildman–Crippen MR) is 90.3 cm³/mol. The van der Waals surface area contributed by atoms with Crippen LogP contribution in [0.1, 0.15) is 43.4 Å². The molecular weight excluding hydrogens is 296 g/mol. The molecule has 2 aromatic rings. The number of hydrogen-bond acceptors (Lipinski definition) is 5. The minimum Gasteiger partial charge on any atom is -0.369 e. The monoisotopic (exact) mass is 318 g/mol. The second-order valence-corrected chi connectivity index (χ2v) is 7.11. The zero-order valence-corrected chi connectivity index (χ0v) is 13.7. The Bertz CT molecular complexity index is 649. The van der Waals surface area contributed by atoms with Crippen molar-refractivity contribution >= 4 is 33.3 Å². The van der Waals surface area contributed by atoms with E-state index in [1.54, 1.807) is 17.7 Å². The van der Waals surface area contributed by atoms with Crippen molar-refractivity contribution in [3.8, 4) is 0 Å². The van der Waals surface area contributed by atoms with Crippen LogP contribution in [0.25, 0.3) is 10.2 Å². The van der Waals surface area contributed by atoms with Gasteiger partial charge in [-0.2, -0.15) is 0 Å². The van der Waals surface area contributed by atoms with Crippen molar-refractivity contribution in [2.75, 3.05) is 11.9 Å². The molecule has 2 aromatic heterocycles. The van der Waals surface area contributed by atoms with E-state index in [1.807, 2.05) is 0 Å². The van der Waals surface area contributed by atoms with E-state index in [9.17, 15) is 4.79 Å². The van der Waals surface area contributed by atoms with E-state index in [-0.39, 0.29) is 5.91 Å². The molecule has 1 saturated carbocycles. The number of nitrogens with one attached hydrogen (secondary N) is 2. The Morgan fingerprint density at radius 1 is 1.32 bits per heavy atom. The molecule has 1 amide bonds. The van der Waals surface area contributed by atoms with E-state index in [0.717, 1.165) is 28.9 Å². The first-order valence-corrected chi connectivity index (χ1v) is 8.78. The van der Waals surface area contributed by atoms with Crippen molar-refractivity contribution < 1.29 is 4.79 Å². The van der Waals surface area contributed by atoms with Crippen LogP contribution in [0.15, 0.2) is 12.4 Å². The van der Waals surface area contributed by atoms with E-state index in [2.05, 4.69) is 33.6 Å². The molecular formula is C16H22N4OS. The number of nitrogens with zero attached hydrogens (tertiary/aromatic N) is 2. The van der Waals surface area contributed by atoms with Gasteiger partial charge in [0.1, 0.15) is 17.0 Å². The normalized spacial score (nSPS) is 15.9. The zero-order chi connectivity index (χ0) is 15.4. The van der Waals surface area contributed by atoms with Gasteiger partial charge in [0.05, 0.1) is 5.39 Å². The number of rotatable bonds is 5. The summed E-state index contributed by atoms with van der Waals surface area (Å²) in [5.74, 6) is 0.950. The minimum atomic E-state index is 0.131. The number of carbonyl (C=O) groups is 1.